The first-order chi connectivity index (χ1) is 18.0. The van der Waals surface area contributed by atoms with Gasteiger partial charge in [-0.2, -0.15) is 0 Å². The molecule has 0 atom stereocenters. The number of aromatic nitrogens is 2. The number of nitrogens with one attached hydrogen (secondary N) is 3. The molecule has 0 aliphatic rings. The van der Waals surface area contributed by atoms with Crippen LogP contribution >= 0.6 is 0 Å². The number of carbonyl (C=O) groups excluding carboxylic acids is 2. The molecule has 0 fully saturated rings. The Labute approximate surface area is 214 Å². The summed E-state index contributed by atoms with van der Waals surface area (Å²) in [4.78, 5) is 29.5. The summed E-state index contributed by atoms with van der Waals surface area (Å²) in [5, 5.41) is 7.84. The number of benzene rings is 3. The number of aromatic amines is 1. The van der Waals surface area contributed by atoms with E-state index in [0.717, 1.165) is 38.7 Å². The zero-order chi connectivity index (χ0) is 25.8. The lowest BCUT2D eigenvalue weighted by atomic mass is 10.1. The standard InChI is InChI=1S/C30H28N4O3/c1-34-19-22(24-10-6-7-11-28(24)34)16-27(33-29(35)20-8-4-3-5-9-20)30(36)31-15-14-21-18-32-26-13-12-23(37-2)17-25(21)26/h3-13,16-19,32H,14-15H2,1-2H3,(H,31,36)(H,33,35)/b27-16-. The highest BCUT2D eigenvalue weighted by Gasteiger charge is 2.16. The van der Waals surface area contributed by atoms with E-state index in [0.29, 0.717) is 18.5 Å². The molecule has 5 rings (SSSR count). The quantitative estimate of drug-likeness (QED) is 0.272. The molecule has 0 spiro atoms. The third kappa shape index (κ3) is 5.11. The van der Waals surface area contributed by atoms with Gasteiger partial charge in [-0.25, -0.2) is 0 Å². The van der Waals surface area contributed by atoms with E-state index in [2.05, 4.69) is 15.6 Å². The van der Waals surface area contributed by atoms with Gasteiger partial charge in [0.25, 0.3) is 11.8 Å². The van der Waals surface area contributed by atoms with Crippen LogP contribution in [0.1, 0.15) is 21.5 Å². The summed E-state index contributed by atoms with van der Waals surface area (Å²) < 4.78 is 7.35. The van der Waals surface area contributed by atoms with Gasteiger partial charge in [0.2, 0.25) is 0 Å². The van der Waals surface area contributed by atoms with Crippen molar-refractivity contribution in [2.75, 3.05) is 13.7 Å². The van der Waals surface area contributed by atoms with Gasteiger partial charge in [0.15, 0.2) is 0 Å². The number of ether oxygens (including phenoxy) is 1. The van der Waals surface area contributed by atoms with Crippen LogP contribution in [-0.4, -0.2) is 35.0 Å². The highest BCUT2D eigenvalue weighted by atomic mass is 16.5. The predicted octanol–water partition coefficient (Wildman–Crippen LogP) is 4.80. The van der Waals surface area contributed by atoms with Crippen LogP contribution in [-0.2, 0) is 18.3 Å². The fourth-order valence-corrected chi connectivity index (χ4v) is 4.48. The maximum Gasteiger partial charge on any atom is 0.267 e. The van der Waals surface area contributed by atoms with Crippen molar-refractivity contribution >= 4 is 39.7 Å². The summed E-state index contributed by atoms with van der Waals surface area (Å²) in [5.74, 6) is 0.0851. The maximum absolute atomic E-state index is 13.3. The topological polar surface area (TPSA) is 88.2 Å². The number of hydrogen-bond acceptors (Lipinski definition) is 3. The Morgan fingerprint density at radius 3 is 2.59 bits per heavy atom. The molecule has 0 aliphatic carbocycles. The third-order valence-corrected chi connectivity index (χ3v) is 6.41. The molecule has 186 valence electrons. The normalized spacial score (nSPS) is 11.6. The highest BCUT2D eigenvalue weighted by molar-refractivity contribution is 6.06. The number of para-hydroxylation sites is 1. The number of methoxy groups -OCH3 is 1. The Morgan fingerprint density at radius 2 is 1.78 bits per heavy atom. The first-order valence-electron chi connectivity index (χ1n) is 12.1. The lowest BCUT2D eigenvalue weighted by molar-refractivity contribution is -0.117. The number of fused-ring (bicyclic) bond motifs is 2. The van der Waals surface area contributed by atoms with Gasteiger partial charge < -0.3 is 24.9 Å². The van der Waals surface area contributed by atoms with Crippen LogP contribution < -0.4 is 15.4 Å². The molecule has 0 radical (unpaired) electrons. The number of rotatable bonds is 8. The van der Waals surface area contributed by atoms with Crippen LogP contribution in [0.4, 0.5) is 0 Å². The monoisotopic (exact) mass is 492 g/mol. The van der Waals surface area contributed by atoms with Crippen LogP contribution in [0.5, 0.6) is 5.75 Å². The summed E-state index contributed by atoms with van der Waals surface area (Å²) in [6.45, 7) is 0.400. The molecule has 5 aromatic rings. The van der Waals surface area contributed by atoms with Crippen molar-refractivity contribution in [1.82, 2.24) is 20.2 Å². The largest absolute Gasteiger partial charge is 0.497 e. The summed E-state index contributed by atoms with van der Waals surface area (Å²) in [5.41, 5.74) is 4.63. The van der Waals surface area contributed by atoms with Crippen molar-refractivity contribution in [1.29, 1.82) is 0 Å². The molecule has 0 saturated heterocycles. The number of aryl methyl sites for hydroxylation is 1. The Morgan fingerprint density at radius 1 is 1.00 bits per heavy atom. The minimum atomic E-state index is -0.352. The highest BCUT2D eigenvalue weighted by Crippen LogP contribution is 2.24. The molecule has 2 heterocycles. The van der Waals surface area contributed by atoms with Gasteiger partial charge in [0, 0.05) is 58.9 Å². The minimum Gasteiger partial charge on any atom is -0.497 e. The van der Waals surface area contributed by atoms with Crippen molar-refractivity contribution in [3.05, 3.63) is 108 Å². The number of carbonyl (C=O) groups is 2. The van der Waals surface area contributed by atoms with Crippen molar-refractivity contribution in [2.45, 2.75) is 6.42 Å². The summed E-state index contributed by atoms with van der Waals surface area (Å²) in [6, 6.07) is 22.7. The van der Waals surface area contributed by atoms with Crippen molar-refractivity contribution < 1.29 is 14.3 Å². The average Bonchev–Trinajstić information content (AvgIpc) is 3.48. The predicted molar refractivity (Wildman–Crippen MR) is 146 cm³/mol. The molecule has 0 unspecified atom stereocenters. The number of nitrogens with zero attached hydrogens (tertiary/aromatic N) is 1. The van der Waals surface area contributed by atoms with E-state index in [1.165, 1.54) is 0 Å². The van der Waals surface area contributed by atoms with Crippen LogP contribution in [0.2, 0.25) is 0 Å². The zero-order valence-corrected chi connectivity index (χ0v) is 20.7. The van der Waals surface area contributed by atoms with Crippen LogP contribution in [0.25, 0.3) is 27.9 Å². The molecule has 0 bridgehead atoms. The Balaban J connectivity index is 1.38. The van der Waals surface area contributed by atoms with Gasteiger partial charge in [-0.1, -0.05) is 36.4 Å². The first kappa shape index (κ1) is 23.9. The summed E-state index contributed by atoms with van der Waals surface area (Å²) in [7, 11) is 3.60. The van der Waals surface area contributed by atoms with E-state index < -0.39 is 0 Å². The first-order valence-corrected chi connectivity index (χ1v) is 12.1. The van der Waals surface area contributed by atoms with Crippen molar-refractivity contribution in [3.8, 4) is 5.75 Å². The zero-order valence-electron chi connectivity index (χ0n) is 20.7. The van der Waals surface area contributed by atoms with Gasteiger partial charge >= 0.3 is 0 Å². The lowest BCUT2D eigenvalue weighted by Gasteiger charge is -2.11. The molecular weight excluding hydrogens is 464 g/mol. The van der Waals surface area contributed by atoms with Crippen molar-refractivity contribution in [2.24, 2.45) is 7.05 Å². The fraction of sp³-hybridized carbons (Fsp3) is 0.133. The number of H-pyrrole nitrogens is 1. The Bertz CT molecular complexity index is 1610. The fourth-order valence-electron chi connectivity index (χ4n) is 4.48. The SMILES string of the molecule is COc1ccc2[nH]cc(CCNC(=O)/C(=C/c3cn(C)c4ccccc34)NC(=O)c3ccccc3)c2c1. The van der Waals surface area contributed by atoms with Crippen LogP contribution in [0.3, 0.4) is 0 Å². The summed E-state index contributed by atoms with van der Waals surface area (Å²) in [6.07, 6.45) is 6.24. The second-order valence-corrected chi connectivity index (χ2v) is 8.82. The molecule has 0 aliphatic heterocycles. The molecule has 0 saturated carbocycles. The summed E-state index contributed by atoms with van der Waals surface area (Å²) >= 11 is 0. The molecule has 3 aromatic carbocycles. The van der Waals surface area contributed by atoms with E-state index in [9.17, 15) is 9.59 Å². The molecule has 2 aromatic heterocycles. The van der Waals surface area contributed by atoms with Crippen LogP contribution in [0, 0.1) is 0 Å². The molecule has 2 amide bonds. The smallest absolute Gasteiger partial charge is 0.267 e. The van der Waals surface area contributed by atoms with Gasteiger partial charge in [-0.15, -0.1) is 0 Å². The molecule has 3 N–H and O–H groups in total. The Kier molecular flexibility index (Phi) is 6.76. The Hall–Kier alpha value is -4.78. The van der Waals surface area contributed by atoms with Gasteiger partial charge in [-0.3, -0.25) is 9.59 Å². The third-order valence-electron chi connectivity index (χ3n) is 6.41. The second-order valence-electron chi connectivity index (χ2n) is 8.82. The van der Waals surface area contributed by atoms with E-state index in [-0.39, 0.29) is 17.5 Å². The molecule has 7 nitrogen and oxygen atoms in total. The average molecular weight is 493 g/mol. The van der Waals surface area contributed by atoms with Gasteiger partial charge in [0.1, 0.15) is 11.4 Å². The molecule has 37 heavy (non-hydrogen) atoms. The van der Waals surface area contributed by atoms with E-state index in [4.69, 9.17) is 4.74 Å². The van der Waals surface area contributed by atoms with Gasteiger partial charge in [-0.05, 0) is 54.5 Å². The maximum atomic E-state index is 13.3. The van der Waals surface area contributed by atoms with E-state index in [1.54, 1.807) is 37.5 Å². The molecular formula is C30H28N4O3. The lowest BCUT2D eigenvalue weighted by Crippen LogP contribution is -2.35. The minimum absolute atomic E-state index is 0.186. The van der Waals surface area contributed by atoms with E-state index in [1.807, 2.05) is 72.5 Å². The van der Waals surface area contributed by atoms with Crippen LogP contribution in [0.15, 0.2) is 90.9 Å². The number of hydrogen-bond donors (Lipinski definition) is 3. The van der Waals surface area contributed by atoms with E-state index >= 15 is 0 Å². The number of amides is 2. The van der Waals surface area contributed by atoms with Gasteiger partial charge in [0.05, 0.1) is 7.11 Å². The molecule has 7 heteroatoms. The van der Waals surface area contributed by atoms with Crippen molar-refractivity contribution in [3.63, 3.8) is 0 Å². The second kappa shape index (κ2) is 10.5.